The van der Waals surface area contributed by atoms with Crippen LogP contribution < -0.4 is 11.1 Å². The van der Waals surface area contributed by atoms with Gasteiger partial charge in [-0.2, -0.15) is 0 Å². The second kappa shape index (κ2) is 5.23. The van der Waals surface area contributed by atoms with Gasteiger partial charge in [0.15, 0.2) is 0 Å². The molecule has 2 aromatic carbocycles. The minimum absolute atomic E-state index is 0.799. The van der Waals surface area contributed by atoms with Crippen molar-refractivity contribution in [2.75, 3.05) is 11.1 Å². The zero-order chi connectivity index (χ0) is 12.3. The molecule has 0 atom stereocenters. The molecule has 0 bridgehead atoms. The van der Waals surface area contributed by atoms with Crippen LogP contribution in [0.4, 0.5) is 11.4 Å². The summed E-state index contributed by atoms with van der Waals surface area (Å²) in [5.41, 5.74) is 10.1. The van der Waals surface area contributed by atoms with Gasteiger partial charge in [-0.15, -0.1) is 0 Å². The van der Waals surface area contributed by atoms with E-state index in [1.807, 2.05) is 30.3 Å². The van der Waals surface area contributed by atoms with Crippen LogP contribution in [0.1, 0.15) is 11.1 Å². The Morgan fingerprint density at radius 2 is 1.82 bits per heavy atom. The summed E-state index contributed by atoms with van der Waals surface area (Å²) in [6.07, 6.45) is 0. The second-order valence-electron chi connectivity index (χ2n) is 4.05. The molecule has 0 amide bonds. The van der Waals surface area contributed by atoms with Crippen LogP contribution in [0.3, 0.4) is 0 Å². The van der Waals surface area contributed by atoms with Crippen molar-refractivity contribution in [1.82, 2.24) is 0 Å². The van der Waals surface area contributed by atoms with E-state index >= 15 is 0 Å². The summed E-state index contributed by atoms with van der Waals surface area (Å²) in [6, 6.07) is 14.1. The van der Waals surface area contributed by atoms with Crippen molar-refractivity contribution in [1.29, 1.82) is 0 Å². The highest BCUT2D eigenvalue weighted by Gasteiger charge is 1.99. The average Bonchev–Trinajstić information content (AvgIpc) is 2.32. The first-order valence-electron chi connectivity index (χ1n) is 5.49. The van der Waals surface area contributed by atoms with Crippen molar-refractivity contribution in [3.63, 3.8) is 0 Å². The average molecular weight is 291 g/mol. The Kier molecular flexibility index (Phi) is 3.69. The molecule has 0 fully saturated rings. The molecule has 0 aliphatic heterocycles. The van der Waals surface area contributed by atoms with Gasteiger partial charge in [-0.1, -0.05) is 34.1 Å². The molecule has 0 heterocycles. The van der Waals surface area contributed by atoms with Crippen molar-refractivity contribution >= 4 is 27.3 Å². The number of anilines is 2. The van der Waals surface area contributed by atoms with Crippen LogP contribution >= 0.6 is 15.9 Å². The van der Waals surface area contributed by atoms with Crippen molar-refractivity contribution in [3.8, 4) is 0 Å². The number of hydrogen-bond acceptors (Lipinski definition) is 2. The van der Waals surface area contributed by atoms with Gasteiger partial charge in [-0.05, 0) is 42.3 Å². The Labute approximate surface area is 110 Å². The van der Waals surface area contributed by atoms with E-state index < -0.39 is 0 Å². The molecular formula is C14H15BrN2. The van der Waals surface area contributed by atoms with E-state index in [9.17, 15) is 0 Å². The Bertz CT molecular complexity index is 506. The van der Waals surface area contributed by atoms with E-state index in [1.165, 1.54) is 11.1 Å². The maximum absolute atomic E-state index is 5.65. The van der Waals surface area contributed by atoms with Crippen LogP contribution in [0.15, 0.2) is 46.9 Å². The maximum Gasteiger partial charge on any atom is 0.0400 e. The van der Waals surface area contributed by atoms with Crippen molar-refractivity contribution in [3.05, 3.63) is 58.1 Å². The van der Waals surface area contributed by atoms with Crippen molar-refractivity contribution in [2.24, 2.45) is 0 Å². The summed E-state index contributed by atoms with van der Waals surface area (Å²) < 4.78 is 1.09. The molecule has 0 spiro atoms. The third-order valence-electron chi connectivity index (χ3n) is 2.66. The Morgan fingerprint density at radius 1 is 1.12 bits per heavy atom. The summed E-state index contributed by atoms with van der Waals surface area (Å²) >= 11 is 3.48. The highest BCUT2D eigenvalue weighted by molar-refractivity contribution is 9.10. The van der Waals surface area contributed by atoms with Crippen LogP contribution in [0.25, 0.3) is 0 Å². The molecule has 2 rings (SSSR count). The smallest absolute Gasteiger partial charge is 0.0400 e. The summed E-state index contributed by atoms with van der Waals surface area (Å²) in [5, 5.41) is 3.42. The van der Waals surface area contributed by atoms with Gasteiger partial charge >= 0.3 is 0 Å². The molecule has 0 aromatic heterocycles. The van der Waals surface area contributed by atoms with Gasteiger partial charge in [0.1, 0.15) is 0 Å². The summed E-state index contributed by atoms with van der Waals surface area (Å²) in [4.78, 5) is 0. The fraction of sp³-hybridized carbons (Fsp3) is 0.143. The van der Waals surface area contributed by atoms with E-state index in [0.717, 1.165) is 22.4 Å². The number of nitrogen functional groups attached to an aromatic ring is 1. The molecule has 2 nitrogen and oxygen atoms in total. The van der Waals surface area contributed by atoms with Crippen LogP contribution in [0, 0.1) is 6.92 Å². The number of nitrogens with two attached hydrogens (primary N) is 1. The highest BCUT2D eigenvalue weighted by Crippen LogP contribution is 2.21. The molecule has 0 radical (unpaired) electrons. The predicted molar refractivity (Wildman–Crippen MR) is 77.1 cm³/mol. The lowest BCUT2D eigenvalue weighted by Gasteiger charge is -2.10. The van der Waals surface area contributed by atoms with E-state index in [-0.39, 0.29) is 0 Å². The van der Waals surface area contributed by atoms with Gasteiger partial charge in [-0.3, -0.25) is 0 Å². The molecular weight excluding hydrogens is 276 g/mol. The largest absolute Gasteiger partial charge is 0.399 e. The fourth-order valence-electron chi connectivity index (χ4n) is 1.62. The first kappa shape index (κ1) is 12.0. The lowest BCUT2D eigenvalue weighted by Crippen LogP contribution is -2.01. The molecule has 88 valence electrons. The van der Waals surface area contributed by atoms with Crippen LogP contribution in [-0.4, -0.2) is 0 Å². The van der Waals surface area contributed by atoms with Crippen LogP contribution in [0.2, 0.25) is 0 Å². The number of hydrogen-bond donors (Lipinski definition) is 2. The van der Waals surface area contributed by atoms with Gasteiger partial charge in [0.25, 0.3) is 0 Å². The van der Waals surface area contributed by atoms with Gasteiger partial charge in [-0.25, -0.2) is 0 Å². The Morgan fingerprint density at radius 3 is 2.53 bits per heavy atom. The fourth-order valence-corrected chi connectivity index (χ4v) is 1.98. The van der Waals surface area contributed by atoms with Gasteiger partial charge < -0.3 is 11.1 Å². The number of halogens is 1. The first-order valence-corrected chi connectivity index (χ1v) is 6.29. The molecule has 0 saturated heterocycles. The number of aryl methyl sites for hydroxylation is 1. The van der Waals surface area contributed by atoms with E-state index in [2.05, 4.69) is 40.3 Å². The molecule has 2 aromatic rings. The minimum atomic E-state index is 0.799. The van der Waals surface area contributed by atoms with Gasteiger partial charge in [0, 0.05) is 22.4 Å². The lowest BCUT2D eigenvalue weighted by molar-refractivity contribution is 1.14. The van der Waals surface area contributed by atoms with Crippen LogP contribution in [0.5, 0.6) is 0 Å². The maximum atomic E-state index is 5.65. The SMILES string of the molecule is Cc1ccc(Br)cc1NCc1ccc(N)cc1. The predicted octanol–water partition coefficient (Wildman–Crippen LogP) is 3.95. The van der Waals surface area contributed by atoms with E-state index in [4.69, 9.17) is 5.73 Å². The zero-order valence-corrected chi connectivity index (χ0v) is 11.3. The summed E-state index contributed by atoms with van der Waals surface area (Å²) in [7, 11) is 0. The monoisotopic (exact) mass is 290 g/mol. The zero-order valence-electron chi connectivity index (χ0n) is 9.70. The number of rotatable bonds is 3. The molecule has 0 aliphatic rings. The summed E-state index contributed by atoms with van der Waals surface area (Å²) in [6.45, 7) is 2.90. The van der Waals surface area contributed by atoms with Gasteiger partial charge in [0.05, 0.1) is 0 Å². The third-order valence-corrected chi connectivity index (χ3v) is 3.16. The molecule has 0 aliphatic carbocycles. The third kappa shape index (κ3) is 3.24. The standard InChI is InChI=1S/C14H15BrN2/c1-10-2-5-12(15)8-14(10)17-9-11-3-6-13(16)7-4-11/h2-8,17H,9,16H2,1H3. The second-order valence-corrected chi connectivity index (χ2v) is 4.97. The minimum Gasteiger partial charge on any atom is -0.399 e. The summed E-state index contributed by atoms with van der Waals surface area (Å²) in [5.74, 6) is 0. The topological polar surface area (TPSA) is 38.0 Å². The normalized spacial score (nSPS) is 10.2. The molecule has 3 heteroatoms. The quantitative estimate of drug-likeness (QED) is 0.840. The van der Waals surface area contributed by atoms with Crippen molar-refractivity contribution in [2.45, 2.75) is 13.5 Å². The number of benzene rings is 2. The first-order chi connectivity index (χ1) is 8.15. The molecule has 17 heavy (non-hydrogen) atoms. The van der Waals surface area contributed by atoms with Crippen LogP contribution in [-0.2, 0) is 6.54 Å². The number of nitrogens with one attached hydrogen (secondary N) is 1. The molecule has 0 unspecified atom stereocenters. The highest BCUT2D eigenvalue weighted by atomic mass is 79.9. The van der Waals surface area contributed by atoms with Gasteiger partial charge in [0.2, 0.25) is 0 Å². The lowest BCUT2D eigenvalue weighted by atomic mass is 10.1. The Balaban J connectivity index is 2.07. The molecule has 3 N–H and O–H groups in total. The van der Waals surface area contributed by atoms with E-state index in [1.54, 1.807) is 0 Å². The molecule has 0 saturated carbocycles. The van der Waals surface area contributed by atoms with Crippen molar-refractivity contribution < 1.29 is 0 Å². The van der Waals surface area contributed by atoms with E-state index in [0.29, 0.717) is 0 Å². The Hall–Kier alpha value is -1.48.